The number of carbonyl (C=O) groups is 2. The molecule has 28 heavy (non-hydrogen) atoms. The number of hydrogen-bond acceptors (Lipinski definition) is 4. The van der Waals surface area contributed by atoms with E-state index in [1.165, 1.54) is 7.05 Å². The van der Waals surface area contributed by atoms with Crippen molar-refractivity contribution in [3.05, 3.63) is 34.9 Å². The average molecular weight is 406 g/mol. The molecular formula is C18H24F4N3O3+. The van der Waals surface area contributed by atoms with E-state index in [-0.39, 0.29) is 19.0 Å². The number of likely N-dealkylation sites (tertiary alicyclic amines) is 1. The van der Waals surface area contributed by atoms with Gasteiger partial charge in [-0.25, -0.2) is 22.4 Å². The van der Waals surface area contributed by atoms with Crippen molar-refractivity contribution in [1.82, 2.24) is 4.90 Å². The lowest BCUT2D eigenvalue weighted by Crippen LogP contribution is -2.47. The molecular weight excluding hydrogens is 382 g/mol. The molecule has 1 aliphatic rings. The van der Waals surface area contributed by atoms with Crippen molar-refractivity contribution in [3.8, 4) is 0 Å². The number of halogens is 4. The largest absolute Gasteiger partial charge is 0.444 e. The number of amides is 1. The molecule has 0 bridgehead atoms. The fourth-order valence-electron chi connectivity index (χ4n) is 2.90. The topological polar surface area (TPSA) is 98.2 Å². The maximum absolute atomic E-state index is 14.1. The number of benzene rings is 1. The highest BCUT2D eigenvalue weighted by molar-refractivity contribution is 6.28. The van der Waals surface area contributed by atoms with Crippen LogP contribution in [0.4, 0.5) is 22.4 Å². The molecule has 1 heterocycles. The molecule has 0 spiro atoms. The molecule has 0 aromatic heterocycles. The van der Waals surface area contributed by atoms with Crippen molar-refractivity contribution in [3.63, 3.8) is 0 Å². The van der Waals surface area contributed by atoms with Crippen LogP contribution in [0.3, 0.4) is 0 Å². The number of ether oxygens (including phenoxy) is 1. The van der Waals surface area contributed by atoms with Crippen LogP contribution in [-0.2, 0) is 9.53 Å². The molecule has 2 atom stereocenters. The smallest absolute Gasteiger partial charge is 0.410 e. The summed E-state index contributed by atoms with van der Waals surface area (Å²) < 4.78 is 60.3. The minimum atomic E-state index is -1.55. The van der Waals surface area contributed by atoms with Crippen LogP contribution in [0.2, 0.25) is 0 Å². The van der Waals surface area contributed by atoms with Gasteiger partial charge in [0.25, 0.3) is 0 Å². The van der Waals surface area contributed by atoms with Gasteiger partial charge in [-0.05, 0) is 34.2 Å². The summed E-state index contributed by atoms with van der Waals surface area (Å²) in [5.41, 5.74) is 2.78. The van der Waals surface area contributed by atoms with Crippen molar-refractivity contribution in [2.45, 2.75) is 44.8 Å². The Morgan fingerprint density at radius 3 is 2.11 bits per heavy atom. The molecule has 0 radical (unpaired) electrons. The summed E-state index contributed by atoms with van der Waals surface area (Å²) >= 11 is 0. The molecule has 6 nitrogen and oxygen atoms in total. The van der Waals surface area contributed by atoms with Gasteiger partial charge in [0.1, 0.15) is 11.6 Å². The first-order chi connectivity index (χ1) is 13.0. The zero-order chi connectivity index (χ0) is 21.8. The molecule has 1 fully saturated rings. The number of nitrogens with two attached hydrogens (primary N) is 2. The Balaban J connectivity index is 0.00000190. The number of hydrogen-bond donors (Lipinski definition) is 2. The highest BCUT2D eigenvalue weighted by Crippen LogP contribution is 2.37. The van der Waals surface area contributed by atoms with Gasteiger partial charge in [-0.1, -0.05) is 0 Å². The molecule has 4 N–H and O–H groups in total. The predicted molar refractivity (Wildman–Crippen MR) is 93.5 cm³/mol. The summed E-state index contributed by atoms with van der Waals surface area (Å²) in [5.74, 6) is -8.02. The highest BCUT2D eigenvalue weighted by Gasteiger charge is 2.44. The normalized spacial score (nSPS) is 19.0. The second-order valence-electron chi connectivity index (χ2n) is 7.03. The lowest BCUT2D eigenvalue weighted by atomic mass is 9.94. The molecule has 1 aliphatic heterocycles. The van der Waals surface area contributed by atoms with Gasteiger partial charge in [0.05, 0.1) is 0 Å². The molecule has 1 aromatic rings. The van der Waals surface area contributed by atoms with E-state index in [9.17, 15) is 27.2 Å². The first kappa shape index (κ1) is 23.5. The van der Waals surface area contributed by atoms with Crippen LogP contribution in [0.1, 0.15) is 38.7 Å². The monoisotopic (exact) mass is 406 g/mol. The Kier molecular flexibility index (Phi) is 7.68. The summed E-state index contributed by atoms with van der Waals surface area (Å²) in [6.07, 6.45) is -0.413. The quantitative estimate of drug-likeness (QED) is 0.449. The molecule has 2 rings (SSSR count). The van der Waals surface area contributed by atoms with E-state index >= 15 is 0 Å². The Morgan fingerprint density at radius 1 is 1.18 bits per heavy atom. The third-order valence-corrected chi connectivity index (χ3v) is 3.98. The van der Waals surface area contributed by atoms with Gasteiger partial charge in [0, 0.05) is 24.1 Å². The fraction of sp³-hybridized carbons (Fsp3) is 0.500. The Bertz CT molecular complexity index is 739. The predicted octanol–water partition coefficient (Wildman–Crippen LogP) is 1.31. The molecule has 1 amide bonds. The molecule has 156 valence electrons. The maximum atomic E-state index is 14.1. The van der Waals surface area contributed by atoms with Gasteiger partial charge >= 0.3 is 6.09 Å². The van der Waals surface area contributed by atoms with Crippen molar-refractivity contribution in [1.29, 1.82) is 0 Å². The van der Waals surface area contributed by atoms with E-state index in [1.807, 2.05) is 0 Å². The number of Topliss-reactive ketones (excluding diaryl/α,β-unsaturated/α-hetero) is 1. The van der Waals surface area contributed by atoms with Gasteiger partial charge in [-0.3, -0.25) is 15.1 Å². The Labute approximate surface area is 160 Å². The number of rotatable bonds is 3. The standard InChI is InChI=1S/C17H18F4N2O3.CH5N/c1-17(2,3)26-16(25)23-7-8(4-11(23)12(24)6-22)13-14(20)9(18)5-10(19)15(13)21;1-2/h5-6,8,11,22H,4,7H2,1-3H3;2H2,1H3/p+1. The van der Waals surface area contributed by atoms with Gasteiger partial charge in [0.2, 0.25) is 12.0 Å². The van der Waals surface area contributed by atoms with Crippen molar-refractivity contribution in [2.24, 2.45) is 5.73 Å². The van der Waals surface area contributed by atoms with E-state index in [1.54, 1.807) is 20.8 Å². The van der Waals surface area contributed by atoms with E-state index in [0.717, 1.165) is 11.1 Å². The molecule has 0 aliphatic carbocycles. The SMILES string of the molecule is CC(C)(C)OC(=O)N1CC(c2c(F)c(F)cc(F)c2F)CC1C(=O)C=[NH2+].CN. The van der Waals surface area contributed by atoms with Crippen LogP contribution in [-0.4, -0.2) is 48.2 Å². The first-order valence-corrected chi connectivity index (χ1v) is 8.45. The Morgan fingerprint density at radius 2 is 1.68 bits per heavy atom. The molecule has 0 saturated carbocycles. The van der Waals surface area contributed by atoms with E-state index in [2.05, 4.69) is 5.73 Å². The van der Waals surface area contributed by atoms with Gasteiger partial charge in [-0.2, -0.15) is 0 Å². The van der Waals surface area contributed by atoms with Gasteiger partial charge in [0.15, 0.2) is 23.3 Å². The minimum Gasteiger partial charge on any atom is -0.444 e. The average Bonchev–Trinajstić information content (AvgIpc) is 3.05. The zero-order valence-electron chi connectivity index (χ0n) is 16.1. The van der Waals surface area contributed by atoms with E-state index in [0.29, 0.717) is 0 Å². The van der Waals surface area contributed by atoms with Crippen LogP contribution >= 0.6 is 0 Å². The van der Waals surface area contributed by atoms with Gasteiger partial charge < -0.3 is 10.5 Å². The maximum Gasteiger partial charge on any atom is 0.410 e. The zero-order valence-corrected chi connectivity index (χ0v) is 16.1. The van der Waals surface area contributed by atoms with Crippen molar-refractivity contribution < 1.29 is 37.3 Å². The highest BCUT2D eigenvalue weighted by atomic mass is 19.2. The van der Waals surface area contributed by atoms with Crippen LogP contribution in [0.15, 0.2) is 6.07 Å². The Hall–Kier alpha value is -2.49. The van der Waals surface area contributed by atoms with Crippen molar-refractivity contribution >= 4 is 18.1 Å². The fourth-order valence-corrected chi connectivity index (χ4v) is 2.90. The second-order valence-corrected chi connectivity index (χ2v) is 7.03. The molecule has 10 heteroatoms. The number of carbonyl (C=O) groups excluding carboxylic acids is 2. The lowest BCUT2D eigenvalue weighted by Gasteiger charge is -2.27. The van der Waals surface area contributed by atoms with Crippen molar-refractivity contribution in [2.75, 3.05) is 13.6 Å². The van der Waals surface area contributed by atoms with Crippen LogP contribution < -0.4 is 11.1 Å². The first-order valence-electron chi connectivity index (χ1n) is 8.45. The van der Waals surface area contributed by atoms with Crippen LogP contribution in [0.5, 0.6) is 0 Å². The van der Waals surface area contributed by atoms with Crippen LogP contribution in [0.25, 0.3) is 0 Å². The molecule has 1 aromatic carbocycles. The molecule has 1 saturated heterocycles. The lowest BCUT2D eigenvalue weighted by molar-refractivity contribution is -0.132. The third kappa shape index (κ3) is 5.06. The van der Waals surface area contributed by atoms with Crippen LogP contribution in [0, 0.1) is 23.3 Å². The summed E-state index contributed by atoms with van der Waals surface area (Å²) in [4.78, 5) is 25.3. The summed E-state index contributed by atoms with van der Waals surface area (Å²) in [7, 11) is 1.50. The third-order valence-electron chi connectivity index (χ3n) is 3.98. The summed E-state index contributed by atoms with van der Waals surface area (Å²) in [6.45, 7) is 4.46. The second kappa shape index (κ2) is 9.13. The minimum absolute atomic E-state index is 0.102. The van der Waals surface area contributed by atoms with E-state index < -0.39 is 58.3 Å². The molecule has 2 unspecified atom stereocenters. The number of nitrogens with zero attached hydrogens (tertiary/aromatic N) is 1. The van der Waals surface area contributed by atoms with E-state index in [4.69, 9.17) is 10.1 Å². The summed E-state index contributed by atoms with van der Waals surface area (Å²) in [5, 5.41) is 5.21. The number of ketones is 1. The van der Waals surface area contributed by atoms with Gasteiger partial charge in [-0.15, -0.1) is 0 Å². The summed E-state index contributed by atoms with van der Waals surface area (Å²) in [6, 6.07) is -1.05.